The van der Waals surface area contributed by atoms with Crippen LogP contribution in [0.1, 0.15) is 27.7 Å². The van der Waals surface area contributed by atoms with Crippen LogP contribution in [0, 0.1) is 0 Å². The highest BCUT2D eigenvalue weighted by molar-refractivity contribution is 5.74. The molecule has 0 unspecified atom stereocenters. The number of amides is 2. The van der Waals surface area contributed by atoms with Crippen LogP contribution >= 0.6 is 0 Å². The fourth-order valence-electron chi connectivity index (χ4n) is 1.54. The molecule has 0 spiro atoms. The zero-order chi connectivity index (χ0) is 15.0. The van der Waals surface area contributed by atoms with E-state index in [9.17, 15) is 4.79 Å². The summed E-state index contributed by atoms with van der Waals surface area (Å²) < 4.78 is 10.9. The first kappa shape index (κ1) is 16.1. The molecule has 0 atom stereocenters. The van der Waals surface area contributed by atoms with Crippen LogP contribution < -0.4 is 20.1 Å². The molecule has 112 valence electrons. The molecule has 2 N–H and O–H groups in total. The van der Waals surface area contributed by atoms with Crippen LogP contribution in [0.2, 0.25) is 0 Å². The Hall–Kier alpha value is -1.91. The van der Waals surface area contributed by atoms with E-state index in [2.05, 4.69) is 10.6 Å². The molecule has 0 radical (unpaired) electrons. The van der Waals surface area contributed by atoms with Gasteiger partial charge in [0.15, 0.2) is 0 Å². The van der Waals surface area contributed by atoms with Gasteiger partial charge in [-0.05, 0) is 39.8 Å². The minimum atomic E-state index is -0.239. The Kier molecular flexibility index (Phi) is 6.15. The zero-order valence-electron chi connectivity index (χ0n) is 12.7. The van der Waals surface area contributed by atoms with Gasteiger partial charge < -0.3 is 20.1 Å². The van der Waals surface area contributed by atoms with Gasteiger partial charge in [-0.3, -0.25) is 0 Å². The highest BCUT2D eigenvalue weighted by atomic mass is 16.5. The molecular weight excluding hydrogens is 256 g/mol. The first-order valence-electron chi connectivity index (χ1n) is 6.82. The first-order valence-corrected chi connectivity index (χ1v) is 6.82. The Morgan fingerprint density at radius 2 is 1.85 bits per heavy atom. The van der Waals surface area contributed by atoms with Gasteiger partial charge in [0.25, 0.3) is 0 Å². The Morgan fingerprint density at radius 3 is 2.45 bits per heavy atom. The standard InChI is InChI=1S/C15H24N2O3/c1-5-19-12-7-6-8-13(11-12)20-10-9-16-14(18)17-15(2,3)4/h6-8,11H,5,9-10H2,1-4H3,(H2,16,17,18). The van der Waals surface area contributed by atoms with Gasteiger partial charge in [-0.15, -0.1) is 0 Å². The molecule has 2 amide bonds. The second-order valence-electron chi connectivity index (χ2n) is 5.39. The molecule has 1 aromatic carbocycles. The molecule has 0 saturated carbocycles. The highest BCUT2D eigenvalue weighted by Gasteiger charge is 2.12. The Balaban J connectivity index is 2.27. The lowest BCUT2D eigenvalue weighted by Gasteiger charge is -2.20. The van der Waals surface area contributed by atoms with Crippen molar-refractivity contribution in [3.63, 3.8) is 0 Å². The first-order chi connectivity index (χ1) is 9.40. The van der Waals surface area contributed by atoms with Crippen molar-refractivity contribution in [1.82, 2.24) is 10.6 Å². The summed E-state index contributed by atoms with van der Waals surface area (Å²) in [7, 11) is 0. The number of ether oxygens (including phenoxy) is 2. The van der Waals surface area contributed by atoms with Crippen LogP contribution in [0.4, 0.5) is 4.79 Å². The number of hydrogen-bond donors (Lipinski definition) is 2. The van der Waals surface area contributed by atoms with Crippen molar-refractivity contribution in [3.8, 4) is 11.5 Å². The van der Waals surface area contributed by atoms with Crippen LogP contribution in [0.25, 0.3) is 0 Å². The van der Waals surface area contributed by atoms with Gasteiger partial charge in [0.1, 0.15) is 18.1 Å². The molecule has 0 fully saturated rings. The SMILES string of the molecule is CCOc1cccc(OCCNC(=O)NC(C)(C)C)c1. The quantitative estimate of drug-likeness (QED) is 0.787. The smallest absolute Gasteiger partial charge is 0.315 e. The number of carbonyl (C=O) groups excluding carboxylic acids is 1. The van der Waals surface area contributed by atoms with E-state index in [1.807, 2.05) is 52.0 Å². The molecule has 0 aliphatic carbocycles. The van der Waals surface area contributed by atoms with Crippen LogP contribution in [0.15, 0.2) is 24.3 Å². The molecule has 1 rings (SSSR count). The van der Waals surface area contributed by atoms with Gasteiger partial charge in [0, 0.05) is 11.6 Å². The number of hydrogen-bond acceptors (Lipinski definition) is 3. The molecule has 5 heteroatoms. The minimum absolute atomic E-state index is 0.191. The summed E-state index contributed by atoms with van der Waals surface area (Å²) in [5.74, 6) is 1.51. The third kappa shape index (κ3) is 6.87. The molecular formula is C15H24N2O3. The highest BCUT2D eigenvalue weighted by Crippen LogP contribution is 2.18. The number of rotatable bonds is 6. The van der Waals surface area contributed by atoms with Crippen molar-refractivity contribution in [2.24, 2.45) is 0 Å². The molecule has 0 aromatic heterocycles. The van der Waals surface area contributed by atoms with Crippen LogP contribution in [-0.2, 0) is 0 Å². The topological polar surface area (TPSA) is 59.6 Å². The predicted molar refractivity (Wildman–Crippen MR) is 79.4 cm³/mol. The summed E-state index contributed by atoms with van der Waals surface area (Å²) in [5.41, 5.74) is -0.239. The van der Waals surface area contributed by atoms with Crippen molar-refractivity contribution in [2.45, 2.75) is 33.2 Å². The van der Waals surface area contributed by atoms with Crippen LogP contribution in [0.5, 0.6) is 11.5 Å². The summed E-state index contributed by atoms with van der Waals surface area (Å²) in [4.78, 5) is 11.5. The van der Waals surface area contributed by atoms with Gasteiger partial charge in [0.2, 0.25) is 0 Å². The average Bonchev–Trinajstić information content (AvgIpc) is 2.33. The molecule has 0 bridgehead atoms. The summed E-state index contributed by atoms with van der Waals surface area (Å²) in [6.07, 6.45) is 0. The second-order valence-corrected chi connectivity index (χ2v) is 5.39. The van der Waals surface area contributed by atoms with Crippen LogP contribution in [0.3, 0.4) is 0 Å². The predicted octanol–water partition coefficient (Wildman–Crippen LogP) is 2.56. The maximum atomic E-state index is 11.5. The number of benzene rings is 1. The van der Waals surface area contributed by atoms with E-state index >= 15 is 0 Å². The molecule has 5 nitrogen and oxygen atoms in total. The third-order valence-electron chi connectivity index (χ3n) is 2.26. The molecule has 0 saturated heterocycles. The third-order valence-corrected chi connectivity index (χ3v) is 2.26. The van der Waals surface area contributed by atoms with Gasteiger partial charge >= 0.3 is 6.03 Å². The van der Waals surface area contributed by atoms with Crippen molar-refractivity contribution in [3.05, 3.63) is 24.3 Å². The summed E-state index contributed by atoms with van der Waals surface area (Å²) in [6.45, 7) is 9.21. The van der Waals surface area contributed by atoms with E-state index in [0.29, 0.717) is 19.8 Å². The molecule has 0 heterocycles. The van der Waals surface area contributed by atoms with Crippen molar-refractivity contribution >= 4 is 6.03 Å². The number of nitrogens with one attached hydrogen (secondary N) is 2. The monoisotopic (exact) mass is 280 g/mol. The van der Waals surface area contributed by atoms with Gasteiger partial charge in [-0.1, -0.05) is 6.07 Å². The Labute approximate surface area is 120 Å². The lowest BCUT2D eigenvalue weighted by molar-refractivity contribution is 0.228. The van der Waals surface area contributed by atoms with E-state index in [4.69, 9.17) is 9.47 Å². The molecule has 20 heavy (non-hydrogen) atoms. The van der Waals surface area contributed by atoms with Gasteiger partial charge in [-0.2, -0.15) is 0 Å². The molecule has 1 aromatic rings. The van der Waals surface area contributed by atoms with Gasteiger partial charge in [-0.25, -0.2) is 4.79 Å². The zero-order valence-corrected chi connectivity index (χ0v) is 12.7. The molecule has 0 aliphatic heterocycles. The largest absolute Gasteiger partial charge is 0.494 e. The normalized spacial score (nSPS) is 10.8. The van der Waals surface area contributed by atoms with E-state index in [1.165, 1.54) is 0 Å². The van der Waals surface area contributed by atoms with E-state index < -0.39 is 0 Å². The summed E-state index contributed by atoms with van der Waals surface area (Å²) in [6, 6.07) is 7.26. The fourth-order valence-corrected chi connectivity index (χ4v) is 1.54. The second kappa shape index (κ2) is 7.62. The van der Waals surface area contributed by atoms with E-state index in [0.717, 1.165) is 11.5 Å². The fraction of sp³-hybridized carbons (Fsp3) is 0.533. The van der Waals surface area contributed by atoms with Crippen LogP contribution in [-0.4, -0.2) is 31.3 Å². The van der Waals surface area contributed by atoms with Crippen molar-refractivity contribution in [2.75, 3.05) is 19.8 Å². The molecule has 0 aliphatic rings. The number of urea groups is 1. The van der Waals surface area contributed by atoms with E-state index in [-0.39, 0.29) is 11.6 Å². The number of carbonyl (C=O) groups is 1. The Morgan fingerprint density at radius 1 is 1.20 bits per heavy atom. The summed E-state index contributed by atoms with van der Waals surface area (Å²) in [5, 5.41) is 5.56. The average molecular weight is 280 g/mol. The van der Waals surface area contributed by atoms with Crippen molar-refractivity contribution < 1.29 is 14.3 Å². The van der Waals surface area contributed by atoms with Gasteiger partial charge in [0.05, 0.1) is 13.2 Å². The van der Waals surface area contributed by atoms with Crippen molar-refractivity contribution in [1.29, 1.82) is 0 Å². The maximum absolute atomic E-state index is 11.5. The maximum Gasteiger partial charge on any atom is 0.315 e. The summed E-state index contributed by atoms with van der Waals surface area (Å²) >= 11 is 0. The van der Waals surface area contributed by atoms with E-state index in [1.54, 1.807) is 0 Å². The Bertz CT molecular complexity index is 427. The minimum Gasteiger partial charge on any atom is -0.494 e. The lowest BCUT2D eigenvalue weighted by Crippen LogP contribution is -2.47. The lowest BCUT2D eigenvalue weighted by atomic mass is 10.1.